The van der Waals surface area contributed by atoms with E-state index in [9.17, 15) is 14.4 Å². The molecule has 0 radical (unpaired) electrons. The van der Waals surface area contributed by atoms with Crippen LogP contribution >= 0.6 is 0 Å². The molecule has 1 aliphatic carbocycles. The molecular formula is C31H37FN4O5. The largest absolute Gasteiger partial charge is 0.463 e. The van der Waals surface area contributed by atoms with Crippen LogP contribution in [0.3, 0.4) is 0 Å². The van der Waals surface area contributed by atoms with Crippen LogP contribution in [0.25, 0.3) is 0 Å². The van der Waals surface area contributed by atoms with Crippen LogP contribution in [0.5, 0.6) is 0 Å². The molecule has 41 heavy (non-hydrogen) atoms. The first-order valence-corrected chi connectivity index (χ1v) is 14.2. The van der Waals surface area contributed by atoms with Crippen molar-refractivity contribution in [3.05, 3.63) is 65.5 Å². The van der Waals surface area contributed by atoms with Crippen LogP contribution < -0.4 is 15.5 Å². The van der Waals surface area contributed by atoms with Gasteiger partial charge in [0.2, 0.25) is 6.17 Å². The molecule has 10 heteroatoms. The molecule has 3 heterocycles. The zero-order valence-corrected chi connectivity index (χ0v) is 23.7. The molecule has 1 atom stereocenters. The van der Waals surface area contributed by atoms with E-state index in [0.29, 0.717) is 23.7 Å². The second-order valence-corrected chi connectivity index (χ2v) is 12.0. The average molecular weight is 565 g/mol. The number of rotatable bonds is 6. The van der Waals surface area contributed by atoms with Gasteiger partial charge in [-0.3, -0.25) is 14.9 Å². The standard InChI is InChI=1S/C31H37FN4O5/c1-30(2,3)41-29(39)35-26-27(37)36(16-17-40-28(38)31-14-12-20(13-15-31)18-33-19-31)24-11-7-5-9-22(24)25(34-26)21-8-4-6-10-23(21)32/h4-11,20,26,33H,12-19H2,1-3H3,(H,35,39). The van der Waals surface area contributed by atoms with Crippen LogP contribution in [0.4, 0.5) is 14.9 Å². The predicted molar refractivity (Wildman–Crippen MR) is 152 cm³/mol. The zero-order valence-electron chi connectivity index (χ0n) is 23.7. The van der Waals surface area contributed by atoms with Gasteiger partial charge in [-0.1, -0.05) is 30.3 Å². The molecule has 3 fully saturated rings. The third-order valence-corrected chi connectivity index (χ3v) is 7.93. The second kappa shape index (κ2) is 11.6. The van der Waals surface area contributed by atoms with E-state index in [2.05, 4.69) is 15.6 Å². The Hall–Kier alpha value is -3.79. The topological polar surface area (TPSA) is 109 Å². The minimum Gasteiger partial charge on any atom is -0.463 e. The number of fused-ring (bicyclic) bond motifs is 5. The van der Waals surface area contributed by atoms with Crippen LogP contribution in [0.15, 0.2) is 53.5 Å². The molecule has 2 amide bonds. The lowest BCUT2D eigenvalue weighted by molar-refractivity contribution is -0.157. The highest BCUT2D eigenvalue weighted by Gasteiger charge is 2.45. The Morgan fingerprint density at radius 2 is 1.78 bits per heavy atom. The summed E-state index contributed by atoms with van der Waals surface area (Å²) in [4.78, 5) is 45.9. The van der Waals surface area contributed by atoms with Gasteiger partial charge in [-0.2, -0.15) is 0 Å². The lowest BCUT2D eigenvalue weighted by Crippen LogP contribution is -2.49. The number of benzodiazepines with no additional fused rings is 1. The van der Waals surface area contributed by atoms with Crippen molar-refractivity contribution >= 4 is 29.4 Å². The van der Waals surface area contributed by atoms with Crippen molar-refractivity contribution in [3.8, 4) is 0 Å². The van der Waals surface area contributed by atoms with Crippen molar-refractivity contribution in [2.24, 2.45) is 16.3 Å². The fraction of sp³-hybridized carbons (Fsp3) is 0.484. The van der Waals surface area contributed by atoms with Gasteiger partial charge >= 0.3 is 12.1 Å². The molecular weight excluding hydrogens is 527 g/mol. The highest BCUT2D eigenvalue weighted by atomic mass is 19.1. The number of nitrogens with zero attached hydrogens (tertiary/aromatic N) is 2. The molecule has 2 aromatic carbocycles. The number of amides is 2. The van der Waals surface area contributed by atoms with Gasteiger partial charge in [-0.05, 0) is 77.1 Å². The van der Waals surface area contributed by atoms with E-state index in [1.54, 1.807) is 63.2 Å². The maximum Gasteiger partial charge on any atom is 0.409 e. The molecule has 2 N–H and O–H groups in total. The molecule has 4 aliphatic rings. The Morgan fingerprint density at radius 3 is 2.49 bits per heavy atom. The Labute approximate surface area is 239 Å². The van der Waals surface area contributed by atoms with E-state index in [4.69, 9.17) is 9.47 Å². The monoisotopic (exact) mass is 564 g/mol. The fourth-order valence-electron chi connectivity index (χ4n) is 5.83. The number of carbonyl (C=O) groups excluding carboxylic acids is 3. The number of anilines is 1. The maximum absolute atomic E-state index is 15.0. The highest BCUT2D eigenvalue weighted by molar-refractivity contribution is 6.20. The third-order valence-electron chi connectivity index (χ3n) is 7.93. The van der Waals surface area contributed by atoms with Crippen molar-refractivity contribution < 1.29 is 28.2 Å². The number of carbonyl (C=O) groups is 3. The van der Waals surface area contributed by atoms with Gasteiger partial charge < -0.3 is 19.7 Å². The minimum atomic E-state index is -1.40. The summed E-state index contributed by atoms with van der Waals surface area (Å²) in [5.74, 6) is -0.728. The number of esters is 1. The van der Waals surface area contributed by atoms with Crippen LogP contribution in [-0.2, 0) is 19.1 Å². The van der Waals surface area contributed by atoms with E-state index in [1.807, 2.05) is 0 Å². The van der Waals surface area contributed by atoms with E-state index in [1.165, 1.54) is 11.0 Å². The van der Waals surface area contributed by atoms with Crippen LogP contribution in [0, 0.1) is 17.2 Å². The summed E-state index contributed by atoms with van der Waals surface area (Å²) in [6.07, 6.45) is 1.33. The first-order valence-electron chi connectivity index (χ1n) is 14.2. The predicted octanol–water partition coefficient (Wildman–Crippen LogP) is 4.18. The number of hydrogen-bond acceptors (Lipinski definition) is 7. The Kier molecular flexibility index (Phi) is 8.13. The molecule has 218 valence electrons. The van der Waals surface area contributed by atoms with Crippen molar-refractivity contribution in [2.45, 2.75) is 58.2 Å². The number of ether oxygens (including phenoxy) is 2. The molecule has 1 unspecified atom stereocenters. The molecule has 2 aromatic rings. The van der Waals surface area contributed by atoms with Gasteiger partial charge in [0.25, 0.3) is 5.91 Å². The summed E-state index contributed by atoms with van der Waals surface area (Å²) < 4.78 is 26.2. The zero-order chi connectivity index (χ0) is 29.2. The fourth-order valence-corrected chi connectivity index (χ4v) is 5.83. The van der Waals surface area contributed by atoms with Gasteiger partial charge in [0.15, 0.2) is 0 Å². The number of halogens is 1. The third kappa shape index (κ3) is 6.27. The maximum atomic E-state index is 15.0. The summed E-state index contributed by atoms with van der Waals surface area (Å²) >= 11 is 0. The number of para-hydroxylation sites is 1. The average Bonchev–Trinajstić information content (AvgIpc) is 3.32. The summed E-state index contributed by atoms with van der Waals surface area (Å²) in [6, 6.07) is 13.2. The smallest absolute Gasteiger partial charge is 0.409 e. The van der Waals surface area contributed by atoms with Crippen LogP contribution in [0.1, 0.15) is 57.6 Å². The lowest BCUT2D eigenvalue weighted by atomic mass is 9.72. The molecule has 0 spiro atoms. The Morgan fingerprint density at radius 1 is 1.10 bits per heavy atom. The van der Waals surface area contributed by atoms with E-state index < -0.39 is 35.0 Å². The van der Waals surface area contributed by atoms with Gasteiger partial charge in [-0.25, -0.2) is 14.2 Å². The Bertz CT molecular complexity index is 1340. The van der Waals surface area contributed by atoms with Gasteiger partial charge in [0.05, 0.1) is 23.4 Å². The molecule has 2 bridgehead atoms. The van der Waals surface area contributed by atoms with E-state index in [0.717, 1.165) is 32.2 Å². The number of nitrogens with one attached hydrogen (secondary N) is 2. The van der Waals surface area contributed by atoms with Gasteiger partial charge in [-0.15, -0.1) is 0 Å². The van der Waals surface area contributed by atoms with Crippen LogP contribution in [0.2, 0.25) is 0 Å². The van der Waals surface area contributed by atoms with E-state index in [-0.39, 0.29) is 30.4 Å². The molecule has 3 aliphatic heterocycles. The summed E-state index contributed by atoms with van der Waals surface area (Å²) in [5.41, 5.74) is 0.0308. The first kappa shape index (κ1) is 28.7. The van der Waals surface area contributed by atoms with Gasteiger partial charge in [0, 0.05) is 17.7 Å². The summed E-state index contributed by atoms with van der Waals surface area (Å²) in [6.45, 7) is 6.63. The number of benzene rings is 2. The quantitative estimate of drug-likeness (QED) is 0.510. The van der Waals surface area contributed by atoms with Crippen molar-refractivity contribution in [2.75, 3.05) is 31.1 Å². The minimum absolute atomic E-state index is 0.0281. The number of aliphatic imine (C=N–C) groups is 1. The second-order valence-electron chi connectivity index (χ2n) is 12.0. The molecule has 0 aromatic heterocycles. The van der Waals surface area contributed by atoms with Crippen molar-refractivity contribution in [1.29, 1.82) is 0 Å². The first-order chi connectivity index (χ1) is 19.6. The van der Waals surface area contributed by atoms with Crippen molar-refractivity contribution in [1.82, 2.24) is 10.6 Å². The van der Waals surface area contributed by atoms with Crippen molar-refractivity contribution in [3.63, 3.8) is 0 Å². The normalized spacial score (nSPS) is 24.0. The summed E-state index contributed by atoms with van der Waals surface area (Å²) in [7, 11) is 0. The molecule has 6 rings (SSSR count). The lowest BCUT2D eigenvalue weighted by Gasteiger charge is -2.34. The SMILES string of the molecule is CC(C)(C)OC(=O)NC1N=C(c2ccccc2F)c2ccccc2N(CCOC(=O)C23CCC(CC2)CNC3)C1=O. The molecule has 2 saturated heterocycles. The molecule has 1 saturated carbocycles. The Balaban J connectivity index is 1.43. The van der Waals surface area contributed by atoms with Gasteiger partial charge in [0.1, 0.15) is 18.0 Å². The molecule has 9 nitrogen and oxygen atoms in total. The highest BCUT2D eigenvalue weighted by Crippen LogP contribution is 2.41. The van der Waals surface area contributed by atoms with Crippen LogP contribution in [-0.4, -0.2) is 61.7 Å². The number of hydrogen-bond donors (Lipinski definition) is 2. The number of alkyl carbamates (subject to hydrolysis) is 1. The summed E-state index contributed by atoms with van der Waals surface area (Å²) in [5, 5.41) is 5.95. The van der Waals surface area contributed by atoms with E-state index >= 15 is 4.39 Å².